The molecule has 0 aliphatic carbocycles. The molecule has 0 unspecified atom stereocenters. The molecule has 0 aromatic rings. The van der Waals surface area contributed by atoms with Crippen molar-refractivity contribution in [3.63, 3.8) is 0 Å². The Hall–Kier alpha value is 1.37. The van der Waals surface area contributed by atoms with Crippen LogP contribution in [0.4, 0.5) is 0 Å². The van der Waals surface area contributed by atoms with E-state index < -0.39 is 4.56 Å². The molecule has 0 amide bonds. The fourth-order valence-electron chi connectivity index (χ4n) is 0.358. The van der Waals surface area contributed by atoms with Crippen molar-refractivity contribution in [1.29, 1.82) is 0 Å². The molecular formula is C4H12ClIN2P+. The highest BCUT2D eigenvalue weighted by atomic mass is 127. The minimum atomic E-state index is -1.48. The van der Waals surface area contributed by atoms with Gasteiger partial charge in [-0.2, -0.15) is 0 Å². The first kappa shape index (κ1) is 10.4. The van der Waals surface area contributed by atoms with Crippen LogP contribution < -0.4 is 0 Å². The second-order valence-corrected chi connectivity index (χ2v) is 11.8. The van der Waals surface area contributed by atoms with Gasteiger partial charge in [-0.3, -0.25) is 0 Å². The molecule has 0 saturated carbocycles. The van der Waals surface area contributed by atoms with Gasteiger partial charge in [-0.05, 0) is 0 Å². The van der Waals surface area contributed by atoms with Gasteiger partial charge in [0.2, 0.25) is 22.0 Å². The molecule has 0 heterocycles. The van der Waals surface area contributed by atoms with E-state index in [1.54, 1.807) is 0 Å². The van der Waals surface area contributed by atoms with Gasteiger partial charge in [0.25, 0.3) is 0 Å². The summed E-state index contributed by atoms with van der Waals surface area (Å²) < 4.78 is 2.62. The summed E-state index contributed by atoms with van der Waals surface area (Å²) in [6.07, 6.45) is 0. The van der Waals surface area contributed by atoms with Gasteiger partial charge < -0.3 is 0 Å². The highest BCUT2D eigenvalue weighted by molar-refractivity contribution is 14.2. The summed E-state index contributed by atoms with van der Waals surface area (Å²) in [5.74, 6) is 0. The Morgan fingerprint density at radius 2 is 1.33 bits per heavy atom. The highest BCUT2D eigenvalue weighted by Gasteiger charge is 2.40. The molecule has 0 spiro atoms. The molecule has 0 aromatic carbocycles. The lowest BCUT2D eigenvalue weighted by atomic mass is 11.3. The average molecular weight is 281 g/mol. The van der Waals surface area contributed by atoms with Crippen molar-refractivity contribution in [2.24, 2.45) is 0 Å². The van der Waals surface area contributed by atoms with Crippen LogP contribution in [0, 0.1) is 0 Å². The van der Waals surface area contributed by atoms with Crippen LogP contribution in [0.5, 0.6) is 0 Å². The largest absolute Gasteiger partial charge is 0.314 e. The molecule has 56 valence electrons. The van der Waals surface area contributed by atoms with E-state index >= 15 is 0 Å². The van der Waals surface area contributed by atoms with Crippen molar-refractivity contribution >= 4 is 37.8 Å². The summed E-state index contributed by atoms with van der Waals surface area (Å²) in [5.41, 5.74) is 0. The first-order valence-corrected chi connectivity index (χ1v) is 7.91. The van der Waals surface area contributed by atoms with Crippen LogP contribution in [-0.4, -0.2) is 37.5 Å². The first-order valence-electron chi connectivity index (χ1n) is 2.53. The van der Waals surface area contributed by atoms with Gasteiger partial charge in [-0.15, -0.1) is 9.34 Å². The summed E-state index contributed by atoms with van der Waals surface area (Å²) in [6, 6.07) is 0. The van der Waals surface area contributed by atoms with Crippen molar-refractivity contribution in [3.05, 3.63) is 0 Å². The normalized spacial score (nSPS) is 13.3. The lowest BCUT2D eigenvalue weighted by molar-refractivity contribution is 0.587. The van der Waals surface area contributed by atoms with E-state index in [1.165, 1.54) is 0 Å². The quantitative estimate of drug-likeness (QED) is 0.567. The molecule has 0 bridgehead atoms. The lowest BCUT2D eigenvalue weighted by Gasteiger charge is -2.22. The molecule has 0 atom stereocenters. The van der Waals surface area contributed by atoms with Crippen LogP contribution in [0.2, 0.25) is 0 Å². The van der Waals surface area contributed by atoms with E-state index in [1.807, 2.05) is 28.2 Å². The molecule has 0 fully saturated rings. The Morgan fingerprint density at radius 3 is 1.33 bits per heavy atom. The number of nitrogens with zero attached hydrogens (tertiary/aromatic N) is 2. The van der Waals surface area contributed by atoms with Gasteiger partial charge in [0.1, 0.15) is 11.2 Å². The zero-order chi connectivity index (χ0) is 7.65. The third-order valence-electron chi connectivity index (χ3n) is 0.963. The number of hydrogen-bond acceptors (Lipinski definition) is 2. The fraction of sp³-hybridized carbons (Fsp3) is 1.00. The van der Waals surface area contributed by atoms with Crippen molar-refractivity contribution < 1.29 is 0 Å². The van der Waals surface area contributed by atoms with Crippen LogP contribution in [-0.2, 0) is 0 Å². The Labute approximate surface area is 75.3 Å². The predicted molar refractivity (Wildman–Crippen MR) is 54.2 cm³/mol. The molecule has 9 heavy (non-hydrogen) atoms. The van der Waals surface area contributed by atoms with E-state index in [0.717, 1.165) is 0 Å². The van der Waals surface area contributed by atoms with Gasteiger partial charge in [0.05, 0.1) is 0 Å². The van der Waals surface area contributed by atoms with Gasteiger partial charge in [-0.25, -0.2) is 0 Å². The van der Waals surface area contributed by atoms with E-state index in [2.05, 4.69) is 31.4 Å². The van der Waals surface area contributed by atoms with E-state index in [0.29, 0.717) is 0 Å². The third-order valence-corrected chi connectivity index (χ3v) is 9.88. The molecule has 0 aromatic heterocycles. The Bertz CT molecular complexity index is 86.6. The SMILES string of the molecule is CN(C)[P+](Cl)(I)N(C)C. The fourth-order valence-corrected chi connectivity index (χ4v) is 1.07. The van der Waals surface area contributed by atoms with Crippen LogP contribution >= 0.6 is 37.8 Å². The topological polar surface area (TPSA) is 6.48 Å². The minimum Gasteiger partial charge on any atom is -0.147 e. The molecule has 0 saturated heterocycles. The lowest BCUT2D eigenvalue weighted by Crippen LogP contribution is -2.18. The monoisotopic (exact) mass is 281 g/mol. The van der Waals surface area contributed by atoms with Gasteiger partial charge >= 0.3 is 4.56 Å². The van der Waals surface area contributed by atoms with Gasteiger partial charge in [0.15, 0.2) is 0 Å². The molecule has 2 nitrogen and oxygen atoms in total. The van der Waals surface area contributed by atoms with Crippen molar-refractivity contribution in [2.45, 2.75) is 0 Å². The summed E-state index contributed by atoms with van der Waals surface area (Å²) in [5, 5.41) is 0. The summed E-state index contributed by atoms with van der Waals surface area (Å²) in [4.78, 5) is 0. The summed E-state index contributed by atoms with van der Waals surface area (Å²) >= 11 is 8.44. The van der Waals surface area contributed by atoms with Gasteiger partial charge in [-0.1, -0.05) is 0 Å². The Morgan fingerprint density at radius 1 is 1.11 bits per heavy atom. The van der Waals surface area contributed by atoms with Crippen LogP contribution in [0.1, 0.15) is 0 Å². The van der Waals surface area contributed by atoms with E-state index in [9.17, 15) is 0 Å². The maximum absolute atomic E-state index is 6.16. The summed E-state index contributed by atoms with van der Waals surface area (Å²) in [6.45, 7) is 0. The van der Waals surface area contributed by atoms with Crippen LogP contribution in [0.15, 0.2) is 0 Å². The molecule has 0 aliphatic heterocycles. The van der Waals surface area contributed by atoms with Crippen LogP contribution in [0.25, 0.3) is 0 Å². The Balaban J connectivity index is 4.01. The zero-order valence-corrected chi connectivity index (χ0v) is 9.91. The Kier molecular flexibility index (Phi) is 4.23. The van der Waals surface area contributed by atoms with Crippen molar-refractivity contribution in [3.8, 4) is 0 Å². The molecular weight excluding hydrogens is 269 g/mol. The number of rotatable bonds is 2. The predicted octanol–water partition coefficient (Wildman–Crippen LogP) is 2.46. The third kappa shape index (κ3) is 2.85. The average Bonchev–Trinajstić information content (AvgIpc) is 1.65. The minimum absolute atomic E-state index is 1.48. The molecule has 5 heteroatoms. The summed E-state index contributed by atoms with van der Waals surface area (Å²) in [7, 11) is 7.97. The zero-order valence-electron chi connectivity index (χ0n) is 6.10. The van der Waals surface area contributed by atoms with E-state index in [-0.39, 0.29) is 0 Å². The molecule has 0 radical (unpaired) electrons. The highest BCUT2D eigenvalue weighted by Crippen LogP contribution is 2.74. The molecule has 0 N–H and O–H groups in total. The number of hydrogen-bond donors (Lipinski definition) is 0. The first-order chi connectivity index (χ1) is 3.89. The second-order valence-electron chi connectivity index (χ2n) is 2.15. The van der Waals surface area contributed by atoms with Gasteiger partial charge in [0, 0.05) is 28.2 Å². The maximum Gasteiger partial charge on any atom is 0.314 e. The molecule has 0 aliphatic rings. The molecule has 0 rings (SSSR count). The maximum atomic E-state index is 6.16. The van der Waals surface area contributed by atoms with Crippen molar-refractivity contribution in [2.75, 3.05) is 28.2 Å². The second kappa shape index (κ2) is 3.67. The van der Waals surface area contributed by atoms with Crippen molar-refractivity contribution in [1.82, 2.24) is 9.34 Å². The van der Waals surface area contributed by atoms with Crippen LogP contribution in [0.3, 0.4) is 0 Å². The number of halogens is 2. The smallest absolute Gasteiger partial charge is 0.147 e. The standard InChI is InChI=1S/C4H12ClIN2P/c1-7(2)9(5,6)8(3)4/h1-4H3/q+1. The van der Waals surface area contributed by atoms with E-state index in [4.69, 9.17) is 11.2 Å².